The molecule has 17 nitrogen and oxygen atoms in total. The first-order chi connectivity index (χ1) is 33.4. The molecule has 7 N–H and O–H groups in total. The van der Waals surface area contributed by atoms with Gasteiger partial charge >= 0.3 is 0 Å². The van der Waals surface area contributed by atoms with Crippen molar-refractivity contribution in [3.63, 3.8) is 0 Å². The summed E-state index contributed by atoms with van der Waals surface area (Å²) in [5.41, 5.74) is 0.834. The summed E-state index contributed by atoms with van der Waals surface area (Å²) in [5.74, 6) is 8.22. The second kappa shape index (κ2) is 26.1. The maximum Gasteiger partial charge on any atom is 0.254 e. The zero-order valence-electron chi connectivity index (χ0n) is 40.0. The maximum atomic E-state index is 13.3. The highest BCUT2D eigenvalue weighted by Crippen LogP contribution is 2.23. The first-order valence-corrected chi connectivity index (χ1v) is 22.3. The Morgan fingerprint density at radius 2 is 0.971 bits per heavy atom. The standard InChI is InChI=1S/C29H34N2O7.C24H26N2O6/c1-29(28(36)30-2,25(34)19-38-26-6-4-5-17-37-26)31(3)27(35)23-15-11-21(12-16-23)8-7-20-9-13-22(14-10-20)24(33)18-32;1-24(21(30)15-28,23(32)25-2)26(3)22(31)19-12-8-17(9-13-19)5-4-16-6-10-18(11-7-16)20(29)14-27/h9-16,24,26,32-33H,4-6,17-19H2,1-3H3,(H,30,36);6-13,20,27-29H,14-15H2,1-3H3,(H,25,32)/t24?,26?,29-;20?,24-/m11/s1. The van der Waals surface area contributed by atoms with Crippen LogP contribution in [-0.4, -0.2) is 149 Å². The van der Waals surface area contributed by atoms with Gasteiger partial charge in [0, 0.05) is 68.2 Å². The lowest BCUT2D eigenvalue weighted by molar-refractivity contribution is -0.174. The van der Waals surface area contributed by atoms with Crippen LogP contribution in [0.3, 0.4) is 0 Å². The largest absolute Gasteiger partial charge is 0.393 e. The molecule has 0 radical (unpaired) electrons. The fourth-order valence-electron chi connectivity index (χ4n) is 6.99. The van der Waals surface area contributed by atoms with Crippen LogP contribution in [0.15, 0.2) is 97.1 Å². The molecule has 0 aromatic heterocycles. The van der Waals surface area contributed by atoms with Crippen molar-refractivity contribution in [3.8, 4) is 23.7 Å². The van der Waals surface area contributed by atoms with Crippen molar-refractivity contribution in [3.05, 3.63) is 142 Å². The van der Waals surface area contributed by atoms with Crippen molar-refractivity contribution < 1.29 is 63.8 Å². The molecule has 5 atom stereocenters. The highest BCUT2D eigenvalue weighted by Gasteiger charge is 2.47. The van der Waals surface area contributed by atoms with Crippen LogP contribution in [0.25, 0.3) is 0 Å². The normalized spacial score (nSPS) is 15.4. The first-order valence-electron chi connectivity index (χ1n) is 22.3. The van der Waals surface area contributed by atoms with Gasteiger partial charge in [-0.2, -0.15) is 0 Å². The number of aliphatic hydroxyl groups excluding tert-OH is 5. The van der Waals surface area contributed by atoms with Gasteiger partial charge in [-0.05, 0) is 117 Å². The average Bonchev–Trinajstić information content (AvgIpc) is 3.41. The molecule has 3 unspecified atom stereocenters. The third-order valence-electron chi connectivity index (χ3n) is 12.0. The predicted molar refractivity (Wildman–Crippen MR) is 258 cm³/mol. The number of carbonyl (C=O) groups is 6. The van der Waals surface area contributed by atoms with Crippen LogP contribution in [-0.2, 0) is 28.7 Å². The molecule has 4 amide bonds. The molecule has 0 saturated carbocycles. The van der Waals surface area contributed by atoms with E-state index in [0.717, 1.165) is 28.2 Å². The molecule has 0 spiro atoms. The van der Waals surface area contributed by atoms with Gasteiger partial charge in [0.05, 0.1) is 13.2 Å². The van der Waals surface area contributed by atoms with Gasteiger partial charge in [0.1, 0.15) is 25.4 Å². The Bertz CT molecular complexity index is 2560. The van der Waals surface area contributed by atoms with E-state index in [4.69, 9.17) is 19.7 Å². The van der Waals surface area contributed by atoms with Gasteiger partial charge in [-0.1, -0.05) is 47.9 Å². The van der Waals surface area contributed by atoms with Crippen LogP contribution < -0.4 is 10.6 Å². The van der Waals surface area contributed by atoms with Crippen molar-refractivity contribution in [1.29, 1.82) is 0 Å². The summed E-state index contributed by atoms with van der Waals surface area (Å²) >= 11 is 0. The Balaban J connectivity index is 0.000000309. The monoisotopic (exact) mass is 960 g/mol. The van der Waals surface area contributed by atoms with Gasteiger partial charge in [-0.25, -0.2) is 0 Å². The van der Waals surface area contributed by atoms with Gasteiger partial charge < -0.3 is 55.4 Å². The summed E-state index contributed by atoms with van der Waals surface area (Å²) < 4.78 is 11.1. The Kier molecular flexibility index (Phi) is 20.7. The summed E-state index contributed by atoms with van der Waals surface area (Å²) in [6.45, 7) is 1.30. The predicted octanol–water partition coefficient (Wildman–Crippen LogP) is 2.05. The summed E-state index contributed by atoms with van der Waals surface area (Å²) in [4.78, 5) is 78.7. The topological polar surface area (TPSA) is 253 Å². The number of nitrogens with one attached hydrogen (secondary N) is 2. The van der Waals surface area contributed by atoms with Gasteiger partial charge in [-0.15, -0.1) is 0 Å². The number of ether oxygens (including phenoxy) is 2. The Morgan fingerprint density at radius 1 is 0.614 bits per heavy atom. The number of hydrogen-bond acceptors (Lipinski definition) is 13. The Morgan fingerprint density at radius 3 is 1.29 bits per heavy atom. The number of benzene rings is 4. The molecule has 370 valence electrons. The molecule has 0 aliphatic carbocycles. The Labute approximate surface area is 407 Å². The molecular formula is C53H60N4O13. The van der Waals surface area contributed by atoms with Crippen molar-refractivity contribution in [2.45, 2.75) is 62.7 Å². The van der Waals surface area contributed by atoms with Crippen molar-refractivity contribution >= 4 is 35.2 Å². The van der Waals surface area contributed by atoms with E-state index >= 15 is 0 Å². The first kappa shape index (κ1) is 55.5. The van der Waals surface area contributed by atoms with Crippen LogP contribution in [0.2, 0.25) is 0 Å². The van der Waals surface area contributed by atoms with Crippen molar-refractivity contribution in [2.75, 3.05) is 61.2 Å². The third kappa shape index (κ3) is 13.8. The van der Waals surface area contributed by atoms with Crippen LogP contribution in [0, 0.1) is 23.7 Å². The SMILES string of the molecule is CNC(=O)[C@@](C)(C(=O)CO)N(C)C(=O)c1ccc(C#Cc2ccc(C(O)CO)cc2)cc1.CNC(=O)[C@@](C)(C(=O)COC1CCCCO1)N(C)C(=O)c1ccc(C#Cc2ccc(C(O)CO)cc2)cc1. The minimum atomic E-state index is -1.85. The lowest BCUT2D eigenvalue weighted by atomic mass is 9.92. The molecular weight excluding hydrogens is 901 g/mol. The van der Waals surface area contributed by atoms with Gasteiger partial charge in [-0.3, -0.25) is 28.8 Å². The molecule has 1 aliphatic rings. The Hall–Kier alpha value is -7.06. The fraction of sp³-hybridized carbons (Fsp3) is 0.358. The minimum absolute atomic E-state index is 0.251. The summed E-state index contributed by atoms with van der Waals surface area (Å²) in [5, 5.41) is 51.4. The van der Waals surface area contributed by atoms with E-state index < -0.39 is 71.4 Å². The number of nitrogens with zero attached hydrogens (tertiary/aromatic N) is 2. The molecule has 4 aromatic rings. The number of likely N-dealkylation sites (N-methyl/N-ethyl adjacent to an activating group) is 4. The highest BCUT2D eigenvalue weighted by atomic mass is 16.7. The number of carbonyl (C=O) groups excluding carboxylic acids is 6. The maximum absolute atomic E-state index is 13.3. The zero-order chi connectivity index (χ0) is 51.6. The lowest BCUT2D eigenvalue weighted by Gasteiger charge is -2.36. The van der Waals surface area contributed by atoms with E-state index in [9.17, 15) is 44.1 Å². The van der Waals surface area contributed by atoms with Crippen LogP contribution in [0.1, 0.15) is 99.4 Å². The quantitative estimate of drug-likeness (QED) is 0.0629. The van der Waals surface area contributed by atoms with Crippen molar-refractivity contribution in [2.24, 2.45) is 0 Å². The van der Waals surface area contributed by atoms with Crippen LogP contribution >= 0.6 is 0 Å². The minimum Gasteiger partial charge on any atom is -0.393 e. The van der Waals surface area contributed by atoms with Crippen molar-refractivity contribution in [1.82, 2.24) is 20.4 Å². The van der Waals surface area contributed by atoms with Gasteiger partial charge in [0.15, 0.2) is 28.9 Å². The number of aliphatic hydroxyl groups is 5. The van der Waals surface area contributed by atoms with Gasteiger partial charge in [0.25, 0.3) is 23.6 Å². The molecule has 1 saturated heterocycles. The van der Waals surface area contributed by atoms with E-state index in [-0.39, 0.29) is 25.4 Å². The third-order valence-corrected chi connectivity index (χ3v) is 12.0. The van der Waals surface area contributed by atoms with Crippen LogP contribution in [0.5, 0.6) is 0 Å². The summed E-state index contributed by atoms with van der Waals surface area (Å²) in [6, 6.07) is 26.6. The molecule has 1 fully saturated rings. The lowest BCUT2D eigenvalue weighted by Crippen LogP contribution is -2.62. The summed E-state index contributed by atoms with van der Waals surface area (Å²) in [7, 11) is 5.50. The number of amides is 4. The van der Waals surface area contributed by atoms with E-state index in [1.54, 1.807) is 84.9 Å². The molecule has 0 bridgehead atoms. The van der Waals surface area contributed by atoms with E-state index in [2.05, 4.69) is 34.3 Å². The van der Waals surface area contributed by atoms with E-state index in [0.29, 0.717) is 46.4 Å². The zero-order valence-corrected chi connectivity index (χ0v) is 40.0. The molecule has 1 aliphatic heterocycles. The molecule has 17 heteroatoms. The highest BCUT2D eigenvalue weighted by molar-refractivity contribution is 6.15. The molecule has 70 heavy (non-hydrogen) atoms. The fourth-order valence-corrected chi connectivity index (χ4v) is 6.99. The second-order valence-electron chi connectivity index (χ2n) is 16.4. The molecule has 4 aromatic carbocycles. The number of hydrogen-bond donors (Lipinski definition) is 7. The number of Topliss-reactive ketones (excluding diaryl/α,β-unsaturated/α-hetero) is 2. The molecule has 5 rings (SSSR count). The number of rotatable bonds is 16. The van der Waals surface area contributed by atoms with Gasteiger partial charge in [0.2, 0.25) is 0 Å². The summed E-state index contributed by atoms with van der Waals surface area (Å²) in [6.07, 6.45) is 0.186. The average molecular weight is 961 g/mol. The second-order valence-corrected chi connectivity index (χ2v) is 16.4. The smallest absolute Gasteiger partial charge is 0.254 e. The van der Waals surface area contributed by atoms with E-state index in [1.165, 1.54) is 54.2 Å². The molecule has 1 heterocycles. The number of ketones is 2. The van der Waals surface area contributed by atoms with E-state index in [1.807, 2.05) is 0 Å². The van der Waals surface area contributed by atoms with Crippen LogP contribution in [0.4, 0.5) is 0 Å².